The molecule has 5 nitrogen and oxygen atoms in total. The maximum Gasteiger partial charge on any atom is 0.262 e. The van der Waals surface area contributed by atoms with Crippen LogP contribution in [0.5, 0.6) is 0 Å². The molecule has 1 saturated heterocycles. The van der Waals surface area contributed by atoms with Gasteiger partial charge in [0.2, 0.25) is 0 Å². The molecule has 128 valence electrons. The molecule has 1 aliphatic heterocycles. The zero-order chi connectivity index (χ0) is 17.2. The zero-order valence-corrected chi connectivity index (χ0v) is 15.9. The molecule has 0 atom stereocenters. The van der Waals surface area contributed by atoms with Gasteiger partial charge in [-0.05, 0) is 52.4 Å². The third kappa shape index (κ3) is 3.39. The first kappa shape index (κ1) is 16.5. The molecule has 0 unspecified atom stereocenters. The van der Waals surface area contributed by atoms with E-state index in [4.69, 9.17) is 0 Å². The Morgan fingerprint density at radius 2 is 2.00 bits per heavy atom. The number of hydrogen-bond acceptors (Lipinski definition) is 5. The number of piperidine rings is 1. The molecule has 0 saturated carbocycles. The summed E-state index contributed by atoms with van der Waals surface area (Å²) >= 11 is 4.88. The van der Waals surface area contributed by atoms with E-state index in [1.165, 1.54) is 11.3 Å². The Bertz CT molecular complexity index is 899. The molecular weight excluding hydrogens is 400 g/mol. The zero-order valence-electron chi connectivity index (χ0n) is 13.5. The minimum absolute atomic E-state index is 0.00723. The number of fused-ring (bicyclic) bond motifs is 1. The summed E-state index contributed by atoms with van der Waals surface area (Å²) in [7, 11) is 0. The number of hydrogen-bond donors (Lipinski definition) is 1. The standard InChI is InChI=1S/C18H17BrN4OS/c19-14-7-10-25-16(14)18(24)22-12-5-8-23(9-6-12)17-13-3-1-2-4-15(13)20-11-21-17/h1-4,7,10-12H,5-6,8-9H2,(H,22,24). The van der Waals surface area contributed by atoms with E-state index in [2.05, 4.69) is 42.2 Å². The molecule has 0 radical (unpaired) electrons. The van der Waals surface area contributed by atoms with Crippen molar-refractivity contribution in [3.8, 4) is 0 Å². The largest absolute Gasteiger partial charge is 0.356 e. The van der Waals surface area contributed by atoms with Gasteiger partial charge >= 0.3 is 0 Å². The lowest BCUT2D eigenvalue weighted by atomic mass is 10.0. The molecule has 1 fully saturated rings. The van der Waals surface area contributed by atoms with Crippen LogP contribution < -0.4 is 10.2 Å². The van der Waals surface area contributed by atoms with Gasteiger partial charge in [-0.3, -0.25) is 4.79 Å². The van der Waals surface area contributed by atoms with Crippen molar-refractivity contribution in [1.82, 2.24) is 15.3 Å². The molecule has 1 aliphatic rings. The normalized spacial score (nSPS) is 15.5. The second-order valence-corrected chi connectivity index (χ2v) is 7.82. The van der Waals surface area contributed by atoms with Crippen LogP contribution in [0.3, 0.4) is 0 Å². The Kier molecular flexibility index (Phi) is 4.67. The minimum atomic E-state index is 0.00723. The van der Waals surface area contributed by atoms with Crippen LogP contribution in [-0.2, 0) is 0 Å². The van der Waals surface area contributed by atoms with Crippen molar-refractivity contribution in [2.24, 2.45) is 0 Å². The third-order valence-corrected chi connectivity index (χ3v) is 6.31. The number of halogens is 1. The van der Waals surface area contributed by atoms with Gasteiger partial charge in [0.15, 0.2) is 0 Å². The highest BCUT2D eigenvalue weighted by Gasteiger charge is 2.24. The average molecular weight is 417 g/mol. The summed E-state index contributed by atoms with van der Waals surface area (Å²) in [6, 6.07) is 10.2. The van der Waals surface area contributed by atoms with Crippen LogP contribution >= 0.6 is 27.3 Å². The Morgan fingerprint density at radius 1 is 1.20 bits per heavy atom. The number of nitrogens with zero attached hydrogens (tertiary/aromatic N) is 3. The number of thiophene rings is 1. The van der Waals surface area contributed by atoms with Crippen molar-refractivity contribution in [3.05, 3.63) is 51.4 Å². The van der Waals surface area contributed by atoms with Gasteiger partial charge in [0, 0.05) is 29.0 Å². The molecule has 4 rings (SSSR count). The van der Waals surface area contributed by atoms with Gasteiger partial charge < -0.3 is 10.2 Å². The van der Waals surface area contributed by atoms with Crippen LogP contribution in [-0.4, -0.2) is 35.0 Å². The highest BCUT2D eigenvalue weighted by atomic mass is 79.9. The number of amides is 1. The fraction of sp³-hybridized carbons (Fsp3) is 0.278. The lowest BCUT2D eigenvalue weighted by Gasteiger charge is -2.33. The summed E-state index contributed by atoms with van der Waals surface area (Å²) in [6.07, 6.45) is 3.44. The van der Waals surface area contributed by atoms with Gasteiger partial charge in [-0.2, -0.15) is 0 Å². The van der Waals surface area contributed by atoms with Crippen LogP contribution in [0.15, 0.2) is 46.5 Å². The van der Waals surface area contributed by atoms with Crippen molar-refractivity contribution in [3.63, 3.8) is 0 Å². The number of nitrogens with one attached hydrogen (secondary N) is 1. The molecule has 3 heterocycles. The molecule has 2 aromatic heterocycles. The summed E-state index contributed by atoms with van der Waals surface area (Å²) in [6.45, 7) is 1.75. The number of carbonyl (C=O) groups is 1. The van der Waals surface area contributed by atoms with Gasteiger partial charge in [-0.25, -0.2) is 9.97 Å². The van der Waals surface area contributed by atoms with Gasteiger partial charge in [0.05, 0.1) is 5.52 Å². The van der Waals surface area contributed by atoms with Crippen molar-refractivity contribution < 1.29 is 4.79 Å². The second-order valence-electron chi connectivity index (χ2n) is 6.05. The molecule has 0 aliphatic carbocycles. The Morgan fingerprint density at radius 3 is 2.76 bits per heavy atom. The summed E-state index contributed by atoms with van der Waals surface area (Å²) < 4.78 is 0.861. The van der Waals surface area contributed by atoms with E-state index in [1.807, 2.05) is 29.6 Å². The predicted octanol–water partition coefficient (Wildman–Crippen LogP) is 3.85. The van der Waals surface area contributed by atoms with E-state index in [9.17, 15) is 4.79 Å². The molecular formula is C18H17BrN4OS. The number of benzene rings is 1. The van der Waals surface area contributed by atoms with Crippen LogP contribution in [0.25, 0.3) is 10.9 Å². The number of anilines is 1. The van der Waals surface area contributed by atoms with Gasteiger partial charge in [0.25, 0.3) is 5.91 Å². The molecule has 25 heavy (non-hydrogen) atoms. The maximum atomic E-state index is 12.4. The maximum absolute atomic E-state index is 12.4. The van der Waals surface area contributed by atoms with E-state index < -0.39 is 0 Å². The van der Waals surface area contributed by atoms with E-state index in [1.54, 1.807) is 6.33 Å². The SMILES string of the molecule is O=C(NC1CCN(c2ncnc3ccccc23)CC1)c1sccc1Br. The highest BCUT2D eigenvalue weighted by molar-refractivity contribution is 9.10. The summed E-state index contributed by atoms with van der Waals surface area (Å²) in [5, 5.41) is 6.15. The van der Waals surface area contributed by atoms with Crippen LogP contribution in [0, 0.1) is 0 Å². The highest BCUT2D eigenvalue weighted by Crippen LogP contribution is 2.26. The first-order valence-corrected chi connectivity index (χ1v) is 9.88. The van der Waals surface area contributed by atoms with Crippen molar-refractivity contribution >= 4 is 49.9 Å². The smallest absolute Gasteiger partial charge is 0.262 e. The second kappa shape index (κ2) is 7.09. The lowest BCUT2D eigenvalue weighted by Crippen LogP contribution is -2.44. The topological polar surface area (TPSA) is 58.1 Å². The number of carbonyl (C=O) groups excluding carboxylic acids is 1. The van der Waals surface area contributed by atoms with Crippen molar-refractivity contribution in [2.45, 2.75) is 18.9 Å². The summed E-state index contributed by atoms with van der Waals surface area (Å²) in [5.74, 6) is 0.990. The van der Waals surface area contributed by atoms with Crippen molar-refractivity contribution in [2.75, 3.05) is 18.0 Å². The predicted molar refractivity (Wildman–Crippen MR) is 104 cm³/mol. The van der Waals surface area contributed by atoms with E-state index >= 15 is 0 Å². The molecule has 7 heteroatoms. The third-order valence-electron chi connectivity index (χ3n) is 4.47. The molecule has 1 N–H and O–H groups in total. The molecule has 0 bridgehead atoms. The van der Waals surface area contributed by atoms with Gasteiger partial charge in [0.1, 0.15) is 17.0 Å². The minimum Gasteiger partial charge on any atom is -0.356 e. The Balaban J connectivity index is 1.43. The van der Waals surface area contributed by atoms with Crippen LogP contribution in [0.2, 0.25) is 0 Å². The summed E-state index contributed by atoms with van der Waals surface area (Å²) in [4.78, 5) is 24.2. The first-order chi connectivity index (χ1) is 12.2. The monoisotopic (exact) mass is 416 g/mol. The van der Waals surface area contributed by atoms with Crippen LogP contribution in [0.4, 0.5) is 5.82 Å². The number of para-hydroxylation sites is 1. The van der Waals surface area contributed by atoms with Crippen LogP contribution in [0.1, 0.15) is 22.5 Å². The van der Waals surface area contributed by atoms with E-state index in [0.29, 0.717) is 0 Å². The molecule has 1 aromatic carbocycles. The average Bonchev–Trinajstić information content (AvgIpc) is 3.08. The van der Waals surface area contributed by atoms with E-state index in [0.717, 1.165) is 52.0 Å². The van der Waals surface area contributed by atoms with Gasteiger partial charge in [-0.15, -0.1) is 11.3 Å². The summed E-state index contributed by atoms with van der Waals surface area (Å²) in [5.41, 5.74) is 0.963. The fourth-order valence-electron chi connectivity index (χ4n) is 3.18. The van der Waals surface area contributed by atoms with E-state index in [-0.39, 0.29) is 11.9 Å². The molecule has 1 amide bonds. The lowest BCUT2D eigenvalue weighted by molar-refractivity contribution is 0.0934. The first-order valence-electron chi connectivity index (χ1n) is 8.21. The van der Waals surface area contributed by atoms with Gasteiger partial charge in [-0.1, -0.05) is 12.1 Å². The molecule has 0 spiro atoms. The van der Waals surface area contributed by atoms with Crippen molar-refractivity contribution in [1.29, 1.82) is 0 Å². The quantitative estimate of drug-likeness (QED) is 0.704. The number of aromatic nitrogens is 2. The Hall–Kier alpha value is -1.99. The molecule has 3 aromatic rings. The fourth-order valence-corrected chi connectivity index (χ4v) is 4.64. The Labute approximate surface area is 158 Å². The number of rotatable bonds is 3.